The number of ether oxygens (including phenoxy) is 1. The van der Waals surface area contributed by atoms with Crippen molar-refractivity contribution in [1.82, 2.24) is 0 Å². The minimum Gasteiger partial charge on any atom is -0.486 e. The van der Waals surface area contributed by atoms with Crippen LogP contribution in [-0.2, 0) is 6.61 Å². The highest BCUT2D eigenvalue weighted by molar-refractivity contribution is 9.10. The Bertz CT molecular complexity index is 488. The number of hydrogen-bond donors (Lipinski definition) is 0. The highest BCUT2D eigenvalue weighted by atomic mass is 79.9. The second kappa shape index (κ2) is 4.74. The number of rotatable bonds is 3. The zero-order valence-electron chi connectivity index (χ0n) is 9.29. The maximum atomic E-state index is 5.63. The molecule has 0 radical (unpaired) electrons. The molecule has 0 saturated heterocycles. The van der Waals surface area contributed by atoms with Crippen LogP contribution in [0.1, 0.15) is 17.1 Å². The Morgan fingerprint density at radius 2 is 2.00 bits per heavy atom. The Balaban J connectivity index is 2.02. The molecule has 0 N–H and O–H groups in total. The summed E-state index contributed by atoms with van der Waals surface area (Å²) in [5.74, 6) is 2.61. The summed E-state index contributed by atoms with van der Waals surface area (Å²) in [5, 5.41) is 0. The summed E-state index contributed by atoms with van der Waals surface area (Å²) in [4.78, 5) is 0. The van der Waals surface area contributed by atoms with E-state index in [1.54, 1.807) is 0 Å². The van der Waals surface area contributed by atoms with Crippen LogP contribution in [-0.4, -0.2) is 0 Å². The van der Waals surface area contributed by atoms with Crippen LogP contribution in [0.4, 0.5) is 0 Å². The lowest BCUT2D eigenvalue weighted by Crippen LogP contribution is -1.94. The van der Waals surface area contributed by atoms with Crippen LogP contribution in [0.25, 0.3) is 0 Å². The topological polar surface area (TPSA) is 22.4 Å². The van der Waals surface area contributed by atoms with Crippen LogP contribution < -0.4 is 4.74 Å². The van der Waals surface area contributed by atoms with E-state index in [1.165, 1.54) is 0 Å². The fourth-order valence-corrected chi connectivity index (χ4v) is 1.67. The van der Waals surface area contributed by atoms with Crippen molar-refractivity contribution >= 4 is 15.9 Å². The summed E-state index contributed by atoms with van der Waals surface area (Å²) in [6.45, 7) is 4.43. The quantitative estimate of drug-likeness (QED) is 0.839. The molecule has 0 unspecified atom stereocenters. The van der Waals surface area contributed by atoms with E-state index in [4.69, 9.17) is 9.15 Å². The highest BCUT2D eigenvalue weighted by Crippen LogP contribution is 2.22. The molecule has 1 aromatic heterocycles. The average Bonchev–Trinajstić information content (AvgIpc) is 2.66. The Morgan fingerprint density at radius 3 is 2.62 bits per heavy atom. The average molecular weight is 281 g/mol. The van der Waals surface area contributed by atoms with Gasteiger partial charge in [0.15, 0.2) is 0 Å². The van der Waals surface area contributed by atoms with Gasteiger partial charge in [0.05, 0.1) is 0 Å². The van der Waals surface area contributed by atoms with E-state index in [9.17, 15) is 0 Å². The molecule has 1 aromatic carbocycles. The van der Waals surface area contributed by atoms with Gasteiger partial charge in [0.25, 0.3) is 0 Å². The highest BCUT2D eigenvalue weighted by Gasteiger charge is 2.01. The molecule has 0 saturated carbocycles. The third-order valence-electron chi connectivity index (χ3n) is 2.31. The van der Waals surface area contributed by atoms with E-state index >= 15 is 0 Å². The van der Waals surface area contributed by atoms with Crippen LogP contribution in [0.3, 0.4) is 0 Å². The van der Waals surface area contributed by atoms with Crippen LogP contribution in [0, 0.1) is 13.8 Å². The maximum absolute atomic E-state index is 5.63. The zero-order chi connectivity index (χ0) is 11.5. The van der Waals surface area contributed by atoms with Gasteiger partial charge in [0.1, 0.15) is 23.9 Å². The molecule has 0 aliphatic rings. The van der Waals surface area contributed by atoms with Gasteiger partial charge in [-0.3, -0.25) is 0 Å². The Labute approximate surface area is 103 Å². The van der Waals surface area contributed by atoms with Gasteiger partial charge in [0, 0.05) is 4.47 Å². The molecule has 16 heavy (non-hydrogen) atoms. The monoisotopic (exact) mass is 280 g/mol. The molecule has 0 spiro atoms. The van der Waals surface area contributed by atoms with Gasteiger partial charge >= 0.3 is 0 Å². The van der Waals surface area contributed by atoms with Crippen molar-refractivity contribution < 1.29 is 9.15 Å². The molecule has 0 bridgehead atoms. The molecule has 2 rings (SSSR count). The Hall–Kier alpha value is -1.22. The molecule has 0 aliphatic carbocycles. The first-order valence-electron chi connectivity index (χ1n) is 5.09. The van der Waals surface area contributed by atoms with Crippen LogP contribution in [0.2, 0.25) is 0 Å². The molecular weight excluding hydrogens is 268 g/mol. The zero-order valence-corrected chi connectivity index (χ0v) is 10.9. The number of aryl methyl sites for hydroxylation is 2. The molecule has 0 atom stereocenters. The van der Waals surface area contributed by atoms with Crippen molar-refractivity contribution in [3.8, 4) is 5.75 Å². The SMILES string of the molecule is Cc1ccc(COc2ccc(Br)c(C)c2)o1. The largest absolute Gasteiger partial charge is 0.486 e. The molecule has 2 nitrogen and oxygen atoms in total. The summed E-state index contributed by atoms with van der Waals surface area (Å²) in [5.41, 5.74) is 1.16. The van der Waals surface area contributed by atoms with E-state index in [0.29, 0.717) is 6.61 Å². The predicted octanol–water partition coefficient (Wildman–Crippen LogP) is 4.24. The first kappa shape index (κ1) is 11.3. The van der Waals surface area contributed by atoms with Crippen molar-refractivity contribution in [2.45, 2.75) is 20.5 Å². The second-order valence-electron chi connectivity index (χ2n) is 3.71. The lowest BCUT2D eigenvalue weighted by molar-refractivity contribution is 0.267. The summed E-state index contributed by atoms with van der Waals surface area (Å²) in [6, 6.07) is 9.79. The van der Waals surface area contributed by atoms with E-state index in [2.05, 4.69) is 15.9 Å². The van der Waals surface area contributed by atoms with Crippen molar-refractivity contribution in [1.29, 1.82) is 0 Å². The minimum absolute atomic E-state index is 0.467. The standard InChI is InChI=1S/C13H13BrO2/c1-9-7-11(5-6-13(9)14)15-8-12-4-3-10(2)16-12/h3-7H,8H2,1-2H3. The lowest BCUT2D eigenvalue weighted by atomic mass is 10.2. The Morgan fingerprint density at radius 1 is 1.19 bits per heavy atom. The maximum Gasteiger partial charge on any atom is 0.146 e. The van der Waals surface area contributed by atoms with Gasteiger partial charge < -0.3 is 9.15 Å². The van der Waals surface area contributed by atoms with Crippen molar-refractivity contribution in [3.63, 3.8) is 0 Å². The number of furan rings is 1. The summed E-state index contributed by atoms with van der Waals surface area (Å²) >= 11 is 3.45. The number of hydrogen-bond acceptors (Lipinski definition) is 2. The van der Waals surface area contributed by atoms with Gasteiger partial charge in [-0.2, -0.15) is 0 Å². The van der Waals surface area contributed by atoms with Gasteiger partial charge in [-0.1, -0.05) is 15.9 Å². The van der Waals surface area contributed by atoms with E-state index in [-0.39, 0.29) is 0 Å². The van der Waals surface area contributed by atoms with E-state index < -0.39 is 0 Å². The number of halogens is 1. The minimum atomic E-state index is 0.467. The molecular formula is C13H13BrO2. The van der Waals surface area contributed by atoms with Gasteiger partial charge in [-0.15, -0.1) is 0 Å². The van der Waals surface area contributed by atoms with Crippen molar-refractivity contribution in [3.05, 3.63) is 51.9 Å². The smallest absolute Gasteiger partial charge is 0.146 e. The molecule has 0 aliphatic heterocycles. The molecule has 2 aromatic rings. The molecule has 3 heteroatoms. The summed E-state index contributed by atoms with van der Waals surface area (Å²) in [7, 11) is 0. The summed E-state index contributed by atoms with van der Waals surface area (Å²) < 4.78 is 12.1. The fraction of sp³-hybridized carbons (Fsp3) is 0.231. The number of benzene rings is 1. The van der Waals surface area contributed by atoms with E-state index in [1.807, 2.05) is 44.2 Å². The molecule has 0 amide bonds. The Kier molecular flexibility index (Phi) is 3.34. The third kappa shape index (κ3) is 2.67. The normalized spacial score (nSPS) is 10.4. The van der Waals surface area contributed by atoms with Crippen LogP contribution in [0.5, 0.6) is 5.75 Å². The molecule has 1 heterocycles. The van der Waals surface area contributed by atoms with Gasteiger partial charge in [-0.25, -0.2) is 0 Å². The lowest BCUT2D eigenvalue weighted by Gasteiger charge is -2.06. The van der Waals surface area contributed by atoms with Gasteiger partial charge in [0.2, 0.25) is 0 Å². The van der Waals surface area contributed by atoms with Crippen molar-refractivity contribution in [2.24, 2.45) is 0 Å². The van der Waals surface area contributed by atoms with Crippen molar-refractivity contribution in [2.75, 3.05) is 0 Å². The van der Waals surface area contributed by atoms with Crippen LogP contribution in [0.15, 0.2) is 39.2 Å². The van der Waals surface area contributed by atoms with E-state index in [0.717, 1.165) is 27.3 Å². The molecule has 0 fully saturated rings. The molecule has 84 valence electrons. The fourth-order valence-electron chi connectivity index (χ4n) is 1.42. The first-order chi connectivity index (χ1) is 7.65. The first-order valence-corrected chi connectivity index (χ1v) is 5.89. The predicted molar refractivity (Wildman–Crippen MR) is 66.7 cm³/mol. The third-order valence-corrected chi connectivity index (χ3v) is 3.20. The van der Waals surface area contributed by atoms with Crippen LogP contribution >= 0.6 is 15.9 Å². The summed E-state index contributed by atoms with van der Waals surface area (Å²) in [6.07, 6.45) is 0. The second-order valence-corrected chi connectivity index (χ2v) is 4.57. The van der Waals surface area contributed by atoms with Gasteiger partial charge in [-0.05, 0) is 49.7 Å².